The molecule has 0 unspecified atom stereocenters. The van der Waals surface area contributed by atoms with Crippen LogP contribution in [-0.4, -0.2) is 56.8 Å². The van der Waals surface area contributed by atoms with Crippen molar-refractivity contribution in [2.24, 2.45) is 0 Å². The van der Waals surface area contributed by atoms with Crippen molar-refractivity contribution in [3.05, 3.63) is 57.6 Å². The molecule has 0 saturated carbocycles. The number of anilines is 2. The molecule has 10 heteroatoms. The number of amides is 1. The third-order valence-electron chi connectivity index (χ3n) is 4.74. The minimum absolute atomic E-state index is 0.0887. The zero-order chi connectivity index (χ0) is 22.4. The highest BCUT2D eigenvalue weighted by Gasteiger charge is 2.22. The van der Waals surface area contributed by atoms with Crippen molar-refractivity contribution in [2.45, 2.75) is 6.92 Å². The van der Waals surface area contributed by atoms with E-state index in [1.807, 2.05) is 4.90 Å². The van der Waals surface area contributed by atoms with Crippen molar-refractivity contribution in [3.8, 4) is 5.75 Å². The Balaban J connectivity index is 1.94. The van der Waals surface area contributed by atoms with Gasteiger partial charge in [0.15, 0.2) is 5.75 Å². The Labute approximate surface area is 178 Å². The molecule has 2 aromatic rings. The fourth-order valence-corrected chi connectivity index (χ4v) is 3.23. The number of esters is 1. The number of benzene rings is 2. The van der Waals surface area contributed by atoms with Crippen LogP contribution in [0.15, 0.2) is 36.4 Å². The third-order valence-corrected chi connectivity index (χ3v) is 4.74. The number of ether oxygens (including phenoxy) is 3. The number of methoxy groups -OCH3 is 1. The van der Waals surface area contributed by atoms with Crippen LogP contribution in [0.3, 0.4) is 0 Å². The second-order valence-corrected chi connectivity index (χ2v) is 6.65. The van der Waals surface area contributed by atoms with Gasteiger partial charge in [-0.3, -0.25) is 14.9 Å². The number of morpholine rings is 1. The topological polar surface area (TPSA) is 120 Å². The summed E-state index contributed by atoms with van der Waals surface area (Å²) in [5.74, 6) is -1.01. The van der Waals surface area contributed by atoms with Crippen molar-refractivity contribution >= 4 is 28.9 Å². The molecule has 1 amide bonds. The Kier molecular flexibility index (Phi) is 7.03. The maximum atomic E-state index is 12.9. The number of nitrogens with one attached hydrogen (secondary N) is 1. The van der Waals surface area contributed by atoms with E-state index < -0.39 is 16.8 Å². The average Bonchev–Trinajstić information content (AvgIpc) is 2.79. The number of carbonyl (C=O) groups excluding carboxylic acids is 2. The van der Waals surface area contributed by atoms with Crippen LogP contribution >= 0.6 is 0 Å². The molecule has 1 fully saturated rings. The highest BCUT2D eigenvalue weighted by Crippen LogP contribution is 2.31. The minimum atomic E-state index is -0.598. The van der Waals surface area contributed by atoms with Crippen LogP contribution in [0.1, 0.15) is 27.6 Å². The Hall–Kier alpha value is -3.66. The van der Waals surface area contributed by atoms with Gasteiger partial charge in [0.25, 0.3) is 5.91 Å². The second-order valence-electron chi connectivity index (χ2n) is 6.65. The maximum Gasteiger partial charge on any atom is 0.337 e. The lowest BCUT2D eigenvalue weighted by Crippen LogP contribution is -2.36. The van der Waals surface area contributed by atoms with Crippen molar-refractivity contribution in [1.29, 1.82) is 0 Å². The first kappa shape index (κ1) is 22.0. The highest BCUT2D eigenvalue weighted by molar-refractivity contribution is 6.07. The molecule has 0 bridgehead atoms. The Bertz CT molecular complexity index is 987. The van der Waals surface area contributed by atoms with Gasteiger partial charge in [0, 0.05) is 24.7 Å². The zero-order valence-electron chi connectivity index (χ0n) is 17.3. The van der Waals surface area contributed by atoms with E-state index in [4.69, 9.17) is 14.2 Å². The standard InChI is InChI=1S/C21H23N3O7/c1-3-31-19-7-5-14(13-18(19)24(27)28)20(25)22-16-12-15(21(26)29-2)4-6-17(16)23-8-10-30-11-9-23/h4-7,12-13H,3,8-11H2,1-2H3,(H,22,25). The summed E-state index contributed by atoms with van der Waals surface area (Å²) in [6.45, 7) is 4.29. The third kappa shape index (κ3) is 5.10. The van der Waals surface area contributed by atoms with E-state index in [0.717, 1.165) is 0 Å². The molecular weight excluding hydrogens is 406 g/mol. The van der Waals surface area contributed by atoms with Gasteiger partial charge in [-0.25, -0.2) is 4.79 Å². The molecule has 1 heterocycles. The Morgan fingerprint density at radius 3 is 2.52 bits per heavy atom. The predicted octanol–water partition coefficient (Wildman–Crippen LogP) is 2.87. The van der Waals surface area contributed by atoms with E-state index >= 15 is 0 Å². The molecule has 1 saturated heterocycles. The molecule has 0 atom stereocenters. The number of nitrogens with zero attached hydrogens (tertiary/aromatic N) is 2. The molecule has 164 valence electrons. The van der Waals surface area contributed by atoms with Crippen LogP contribution in [0.25, 0.3) is 0 Å². The van der Waals surface area contributed by atoms with Gasteiger partial charge in [0.2, 0.25) is 0 Å². The fourth-order valence-electron chi connectivity index (χ4n) is 3.23. The summed E-state index contributed by atoms with van der Waals surface area (Å²) in [5, 5.41) is 14.1. The summed E-state index contributed by atoms with van der Waals surface area (Å²) in [4.78, 5) is 37.7. The normalized spacial score (nSPS) is 13.4. The molecule has 1 N–H and O–H groups in total. The van der Waals surface area contributed by atoms with Crippen LogP contribution in [0.4, 0.5) is 17.1 Å². The molecule has 10 nitrogen and oxygen atoms in total. The van der Waals surface area contributed by atoms with Crippen LogP contribution in [0.2, 0.25) is 0 Å². The number of hydrogen-bond donors (Lipinski definition) is 1. The van der Waals surface area contributed by atoms with Crippen molar-refractivity contribution in [1.82, 2.24) is 0 Å². The summed E-state index contributed by atoms with van der Waals surface area (Å²) in [6.07, 6.45) is 0. The monoisotopic (exact) mass is 429 g/mol. The molecule has 0 radical (unpaired) electrons. The van der Waals surface area contributed by atoms with E-state index in [1.165, 1.54) is 31.4 Å². The Morgan fingerprint density at radius 2 is 1.87 bits per heavy atom. The lowest BCUT2D eigenvalue weighted by atomic mass is 10.1. The highest BCUT2D eigenvalue weighted by atomic mass is 16.6. The van der Waals surface area contributed by atoms with Crippen molar-refractivity contribution in [3.63, 3.8) is 0 Å². The quantitative estimate of drug-likeness (QED) is 0.405. The molecular formula is C21H23N3O7. The summed E-state index contributed by atoms with van der Waals surface area (Å²) < 4.78 is 15.4. The molecule has 1 aliphatic heterocycles. The maximum absolute atomic E-state index is 12.9. The van der Waals surface area contributed by atoms with Gasteiger partial charge in [-0.05, 0) is 37.3 Å². The van der Waals surface area contributed by atoms with Gasteiger partial charge in [-0.15, -0.1) is 0 Å². The predicted molar refractivity (Wildman–Crippen MR) is 113 cm³/mol. The van der Waals surface area contributed by atoms with Gasteiger partial charge in [0.1, 0.15) is 0 Å². The van der Waals surface area contributed by atoms with Crippen LogP contribution in [0.5, 0.6) is 5.75 Å². The average molecular weight is 429 g/mol. The van der Waals surface area contributed by atoms with E-state index in [9.17, 15) is 19.7 Å². The summed E-state index contributed by atoms with van der Waals surface area (Å²) in [7, 11) is 1.27. The first-order valence-electron chi connectivity index (χ1n) is 9.72. The second kappa shape index (κ2) is 9.90. The molecule has 3 rings (SSSR count). The molecule has 31 heavy (non-hydrogen) atoms. The SMILES string of the molecule is CCOc1ccc(C(=O)Nc2cc(C(=O)OC)ccc2N2CCOCC2)cc1[N+](=O)[O-]. The van der Waals surface area contributed by atoms with E-state index in [1.54, 1.807) is 19.1 Å². The molecule has 0 aromatic heterocycles. The van der Waals surface area contributed by atoms with Gasteiger partial charge in [-0.2, -0.15) is 0 Å². The van der Waals surface area contributed by atoms with Crippen LogP contribution in [0, 0.1) is 10.1 Å². The van der Waals surface area contributed by atoms with E-state index in [2.05, 4.69) is 5.32 Å². The van der Waals surface area contributed by atoms with Gasteiger partial charge < -0.3 is 24.4 Å². The summed E-state index contributed by atoms with van der Waals surface area (Å²) >= 11 is 0. The van der Waals surface area contributed by atoms with E-state index in [-0.39, 0.29) is 29.2 Å². The van der Waals surface area contributed by atoms with Gasteiger partial charge in [0.05, 0.1) is 48.8 Å². The van der Waals surface area contributed by atoms with Crippen molar-refractivity contribution in [2.75, 3.05) is 50.2 Å². The van der Waals surface area contributed by atoms with Crippen LogP contribution < -0.4 is 15.0 Å². The summed E-state index contributed by atoms with van der Waals surface area (Å²) in [5.41, 5.74) is 1.17. The number of hydrogen-bond acceptors (Lipinski definition) is 8. The molecule has 0 spiro atoms. The Morgan fingerprint density at radius 1 is 1.16 bits per heavy atom. The van der Waals surface area contributed by atoms with Gasteiger partial charge in [-0.1, -0.05) is 0 Å². The number of carbonyl (C=O) groups is 2. The lowest BCUT2D eigenvalue weighted by molar-refractivity contribution is -0.385. The zero-order valence-corrected chi connectivity index (χ0v) is 17.3. The largest absolute Gasteiger partial charge is 0.487 e. The van der Waals surface area contributed by atoms with Gasteiger partial charge >= 0.3 is 11.7 Å². The number of nitro benzene ring substituents is 1. The van der Waals surface area contributed by atoms with Crippen molar-refractivity contribution < 1.29 is 28.7 Å². The summed E-state index contributed by atoms with van der Waals surface area (Å²) in [6, 6.07) is 8.88. The first-order valence-corrected chi connectivity index (χ1v) is 9.72. The number of rotatable bonds is 7. The first-order chi connectivity index (χ1) is 14.9. The molecule has 2 aromatic carbocycles. The van der Waals surface area contributed by atoms with Crippen LogP contribution in [-0.2, 0) is 9.47 Å². The minimum Gasteiger partial charge on any atom is -0.487 e. The fraction of sp³-hybridized carbons (Fsp3) is 0.333. The molecule has 1 aliphatic rings. The lowest BCUT2D eigenvalue weighted by Gasteiger charge is -2.30. The molecule has 0 aliphatic carbocycles. The number of nitro groups is 1. The smallest absolute Gasteiger partial charge is 0.337 e. The van der Waals surface area contributed by atoms with E-state index in [0.29, 0.717) is 37.7 Å².